The van der Waals surface area contributed by atoms with Gasteiger partial charge in [-0.15, -0.1) is 0 Å². The fourth-order valence-electron chi connectivity index (χ4n) is 1.87. The van der Waals surface area contributed by atoms with Crippen LogP contribution < -0.4 is 5.73 Å². The molecular formula is C10H22N2S. The monoisotopic (exact) mass is 202 g/mol. The van der Waals surface area contributed by atoms with E-state index in [4.69, 9.17) is 5.73 Å². The summed E-state index contributed by atoms with van der Waals surface area (Å²) in [6.07, 6.45) is 6.18. The van der Waals surface area contributed by atoms with Gasteiger partial charge in [-0.25, -0.2) is 0 Å². The average molecular weight is 202 g/mol. The van der Waals surface area contributed by atoms with E-state index < -0.39 is 0 Å². The summed E-state index contributed by atoms with van der Waals surface area (Å²) in [6, 6.07) is 0. The van der Waals surface area contributed by atoms with Gasteiger partial charge in [0.2, 0.25) is 0 Å². The Morgan fingerprint density at radius 2 is 2.15 bits per heavy atom. The fraction of sp³-hybridized carbons (Fsp3) is 1.00. The largest absolute Gasteiger partial charge is 0.330 e. The van der Waals surface area contributed by atoms with Crippen molar-refractivity contribution in [2.24, 2.45) is 11.1 Å². The van der Waals surface area contributed by atoms with Crippen molar-refractivity contribution < 1.29 is 0 Å². The van der Waals surface area contributed by atoms with Gasteiger partial charge in [-0.1, -0.05) is 0 Å². The first kappa shape index (κ1) is 11.3. The Hall–Kier alpha value is 0.270. The van der Waals surface area contributed by atoms with Crippen LogP contribution in [0.15, 0.2) is 0 Å². The maximum atomic E-state index is 5.61. The molecule has 2 nitrogen and oxygen atoms in total. The molecule has 3 heteroatoms. The lowest BCUT2D eigenvalue weighted by atomic mass is 10.0. The zero-order valence-electron chi connectivity index (χ0n) is 8.88. The number of hydrogen-bond donors (Lipinski definition) is 1. The van der Waals surface area contributed by atoms with Gasteiger partial charge in [0.15, 0.2) is 0 Å². The molecule has 0 aromatic carbocycles. The van der Waals surface area contributed by atoms with E-state index in [0.717, 1.165) is 6.54 Å². The zero-order chi connectivity index (χ0) is 9.73. The van der Waals surface area contributed by atoms with Crippen LogP contribution in [-0.2, 0) is 0 Å². The third-order valence-electron chi connectivity index (χ3n) is 2.91. The topological polar surface area (TPSA) is 29.3 Å². The van der Waals surface area contributed by atoms with Crippen molar-refractivity contribution in [1.29, 1.82) is 0 Å². The lowest BCUT2D eigenvalue weighted by molar-refractivity contribution is 0.267. The first-order valence-electron chi connectivity index (χ1n) is 5.10. The van der Waals surface area contributed by atoms with Crippen LogP contribution in [0.5, 0.6) is 0 Å². The van der Waals surface area contributed by atoms with Crippen LogP contribution in [0.2, 0.25) is 0 Å². The van der Waals surface area contributed by atoms with Gasteiger partial charge in [0.25, 0.3) is 0 Å². The van der Waals surface area contributed by atoms with Crippen LogP contribution in [0.4, 0.5) is 0 Å². The van der Waals surface area contributed by atoms with Crippen LogP contribution in [-0.4, -0.2) is 43.6 Å². The summed E-state index contributed by atoms with van der Waals surface area (Å²) in [4.78, 5) is 2.46. The molecule has 0 aromatic heterocycles. The lowest BCUT2D eigenvalue weighted by Crippen LogP contribution is -2.30. The Kier molecular flexibility index (Phi) is 4.56. The molecule has 78 valence electrons. The molecule has 1 fully saturated rings. The van der Waals surface area contributed by atoms with Gasteiger partial charge in [-0.2, -0.15) is 11.8 Å². The number of rotatable bonds is 7. The van der Waals surface area contributed by atoms with Gasteiger partial charge in [-0.05, 0) is 44.5 Å². The quantitative estimate of drug-likeness (QED) is 0.677. The van der Waals surface area contributed by atoms with E-state index in [2.05, 4.69) is 18.2 Å². The summed E-state index contributed by atoms with van der Waals surface area (Å²) in [6.45, 7) is 3.33. The second-order valence-corrected chi connectivity index (χ2v) is 5.25. The van der Waals surface area contributed by atoms with E-state index in [-0.39, 0.29) is 0 Å². The van der Waals surface area contributed by atoms with E-state index >= 15 is 0 Å². The molecule has 0 amide bonds. The predicted molar refractivity (Wildman–Crippen MR) is 61.2 cm³/mol. The Labute approximate surface area is 86.2 Å². The first-order valence-corrected chi connectivity index (χ1v) is 6.49. The van der Waals surface area contributed by atoms with Crippen molar-refractivity contribution in [3.8, 4) is 0 Å². The summed E-state index contributed by atoms with van der Waals surface area (Å²) < 4.78 is 0. The minimum atomic E-state index is 0.613. The van der Waals surface area contributed by atoms with E-state index in [1.807, 2.05) is 11.8 Å². The second kappa shape index (κ2) is 5.23. The fourth-order valence-corrected chi connectivity index (χ4v) is 2.36. The molecule has 0 bridgehead atoms. The molecule has 1 saturated carbocycles. The minimum absolute atomic E-state index is 0.613. The Balaban J connectivity index is 2.15. The summed E-state index contributed by atoms with van der Waals surface area (Å²) in [5, 5.41) is 0. The Bertz CT molecular complexity index is 146. The van der Waals surface area contributed by atoms with E-state index in [1.165, 1.54) is 38.1 Å². The molecule has 0 heterocycles. The van der Waals surface area contributed by atoms with Gasteiger partial charge in [0.05, 0.1) is 0 Å². The third kappa shape index (κ3) is 3.88. The summed E-state index contributed by atoms with van der Waals surface area (Å²) >= 11 is 1.92. The maximum Gasteiger partial charge on any atom is 0.00694 e. The van der Waals surface area contributed by atoms with Gasteiger partial charge >= 0.3 is 0 Å². The van der Waals surface area contributed by atoms with Crippen molar-refractivity contribution >= 4 is 11.8 Å². The molecular weight excluding hydrogens is 180 g/mol. The highest BCUT2D eigenvalue weighted by Crippen LogP contribution is 2.48. The van der Waals surface area contributed by atoms with Gasteiger partial charge in [0, 0.05) is 18.8 Å². The highest BCUT2D eigenvalue weighted by Gasteiger charge is 2.41. The van der Waals surface area contributed by atoms with Crippen molar-refractivity contribution in [2.75, 3.05) is 38.7 Å². The summed E-state index contributed by atoms with van der Waals surface area (Å²) in [5.41, 5.74) is 6.22. The van der Waals surface area contributed by atoms with Crippen molar-refractivity contribution in [3.63, 3.8) is 0 Å². The van der Waals surface area contributed by atoms with Crippen LogP contribution in [0.25, 0.3) is 0 Å². The molecule has 0 saturated heterocycles. The molecule has 0 aliphatic heterocycles. The van der Waals surface area contributed by atoms with Crippen molar-refractivity contribution in [1.82, 2.24) is 4.90 Å². The maximum absolute atomic E-state index is 5.61. The molecule has 0 atom stereocenters. The predicted octanol–water partition coefficient (Wildman–Crippen LogP) is 1.41. The molecule has 1 rings (SSSR count). The number of nitrogens with zero attached hydrogens (tertiary/aromatic N) is 1. The van der Waals surface area contributed by atoms with E-state index in [9.17, 15) is 0 Å². The van der Waals surface area contributed by atoms with Crippen LogP contribution in [0.1, 0.15) is 19.3 Å². The smallest absolute Gasteiger partial charge is 0.00694 e. The average Bonchev–Trinajstić information content (AvgIpc) is 2.82. The van der Waals surface area contributed by atoms with Crippen LogP contribution in [0, 0.1) is 5.41 Å². The highest BCUT2D eigenvalue weighted by atomic mass is 32.2. The Morgan fingerprint density at radius 1 is 1.46 bits per heavy atom. The number of nitrogens with two attached hydrogens (primary N) is 1. The second-order valence-electron chi connectivity index (χ2n) is 4.27. The standard InChI is InChI=1S/C10H22N2S/c1-12(7-8-13-2)9-10(3-4-10)5-6-11/h3-9,11H2,1-2H3. The van der Waals surface area contributed by atoms with Crippen LogP contribution in [0.3, 0.4) is 0 Å². The van der Waals surface area contributed by atoms with Crippen LogP contribution >= 0.6 is 11.8 Å². The molecule has 1 aliphatic carbocycles. The number of thioether (sulfide) groups is 1. The molecule has 0 radical (unpaired) electrons. The van der Waals surface area contributed by atoms with Gasteiger partial charge in [-0.3, -0.25) is 0 Å². The zero-order valence-corrected chi connectivity index (χ0v) is 9.70. The minimum Gasteiger partial charge on any atom is -0.330 e. The number of hydrogen-bond acceptors (Lipinski definition) is 3. The lowest BCUT2D eigenvalue weighted by Gasteiger charge is -2.22. The molecule has 0 unspecified atom stereocenters. The summed E-state index contributed by atoms with van der Waals surface area (Å²) in [7, 11) is 2.23. The normalized spacial score (nSPS) is 19.4. The van der Waals surface area contributed by atoms with Gasteiger partial charge in [0.1, 0.15) is 0 Å². The van der Waals surface area contributed by atoms with E-state index in [0.29, 0.717) is 5.41 Å². The first-order chi connectivity index (χ1) is 6.22. The SMILES string of the molecule is CSCCN(C)CC1(CCN)CC1. The molecule has 1 aliphatic rings. The molecule has 0 aromatic rings. The van der Waals surface area contributed by atoms with Gasteiger partial charge < -0.3 is 10.6 Å². The molecule has 13 heavy (non-hydrogen) atoms. The molecule has 2 N–H and O–H groups in total. The summed E-state index contributed by atoms with van der Waals surface area (Å²) in [5.74, 6) is 1.25. The van der Waals surface area contributed by atoms with Crippen molar-refractivity contribution in [3.05, 3.63) is 0 Å². The van der Waals surface area contributed by atoms with Crippen molar-refractivity contribution in [2.45, 2.75) is 19.3 Å². The highest BCUT2D eigenvalue weighted by molar-refractivity contribution is 7.98. The van der Waals surface area contributed by atoms with E-state index in [1.54, 1.807) is 0 Å². The Morgan fingerprint density at radius 3 is 2.62 bits per heavy atom. The molecule has 0 spiro atoms. The third-order valence-corrected chi connectivity index (χ3v) is 3.51.